The lowest BCUT2D eigenvalue weighted by Crippen LogP contribution is -2.25. The van der Waals surface area contributed by atoms with E-state index in [2.05, 4.69) is 15.3 Å². The number of hydrogen-bond acceptors (Lipinski definition) is 4. The molecule has 0 saturated heterocycles. The van der Waals surface area contributed by atoms with Crippen LogP contribution in [0.15, 0.2) is 34.2 Å². The van der Waals surface area contributed by atoms with E-state index in [1.54, 1.807) is 31.2 Å². The molecule has 1 aromatic heterocycles. The Morgan fingerprint density at radius 1 is 1.38 bits per heavy atom. The number of rotatable bonds is 4. The van der Waals surface area contributed by atoms with Gasteiger partial charge in [0.1, 0.15) is 0 Å². The maximum atomic E-state index is 12.3. The summed E-state index contributed by atoms with van der Waals surface area (Å²) < 4.78 is 0. The van der Waals surface area contributed by atoms with Crippen LogP contribution < -0.4 is 10.9 Å². The number of halogens is 1. The molecule has 126 valence electrons. The predicted molar refractivity (Wildman–Crippen MR) is 96.9 cm³/mol. The molecule has 1 aliphatic rings. The Kier molecular flexibility index (Phi) is 5.26. The molecule has 0 fully saturated rings. The molecule has 0 saturated carbocycles. The van der Waals surface area contributed by atoms with E-state index in [0.717, 1.165) is 36.9 Å². The van der Waals surface area contributed by atoms with Crippen LogP contribution in [-0.2, 0) is 17.6 Å². The van der Waals surface area contributed by atoms with E-state index < -0.39 is 5.25 Å². The molecule has 5 nitrogen and oxygen atoms in total. The highest BCUT2D eigenvalue weighted by atomic mass is 35.5. The minimum Gasteiger partial charge on any atom is -0.325 e. The van der Waals surface area contributed by atoms with Crippen LogP contribution in [0, 0.1) is 0 Å². The third-order valence-corrected chi connectivity index (χ3v) is 5.14. The third kappa shape index (κ3) is 3.99. The van der Waals surface area contributed by atoms with E-state index in [1.807, 2.05) is 0 Å². The van der Waals surface area contributed by atoms with Crippen molar-refractivity contribution in [2.24, 2.45) is 0 Å². The second kappa shape index (κ2) is 7.40. The molecule has 0 radical (unpaired) electrons. The first kappa shape index (κ1) is 17.0. The quantitative estimate of drug-likeness (QED) is 0.644. The lowest BCUT2D eigenvalue weighted by atomic mass is 9.97. The van der Waals surface area contributed by atoms with Crippen LogP contribution in [0.25, 0.3) is 0 Å². The summed E-state index contributed by atoms with van der Waals surface area (Å²) >= 11 is 7.17. The fourth-order valence-electron chi connectivity index (χ4n) is 2.67. The zero-order chi connectivity index (χ0) is 17.1. The summed E-state index contributed by atoms with van der Waals surface area (Å²) in [5, 5.41) is 3.48. The molecule has 2 aromatic rings. The topological polar surface area (TPSA) is 74.8 Å². The van der Waals surface area contributed by atoms with Crippen LogP contribution in [0.1, 0.15) is 31.0 Å². The van der Waals surface area contributed by atoms with Gasteiger partial charge in [-0.05, 0) is 50.8 Å². The van der Waals surface area contributed by atoms with Gasteiger partial charge in [-0.25, -0.2) is 4.98 Å². The molecule has 0 aliphatic heterocycles. The number of thioether (sulfide) groups is 1. The highest BCUT2D eigenvalue weighted by Gasteiger charge is 2.19. The standard InChI is InChI=1S/C17H18ClN3O2S/c1-10(15(22)19-12-6-4-5-11(18)9-12)24-17-20-14-8-3-2-7-13(14)16(23)21-17/h4-6,9-10H,2-3,7-8H2,1H3,(H,19,22)(H,20,21,23)/t10-/m1/s1. The van der Waals surface area contributed by atoms with Gasteiger partial charge in [0.25, 0.3) is 5.56 Å². The van der Waals surface area contributed by atoms with E-state index >= 15 is 0 Å². The third-order valence-electron chi connectivity index (χ3n) is 3.92. The number of hydrogen-bond donors (Lipinski definition) is 2. The highest BCUT2D eigenvalue weighted by molar-refractivity contribution is 8.00. The minimum absolute atomic E-state index is 0.0790. The molecule has 1 aliphatic carbocycles. The number of nitrogens with zero attached hydrogens (tertiary/aromatic N) is 1. The molecular formula is C17H18ClN3O2S. The van der Waals surface area contributed by atoms with Gasteiger partial charge in [-0.1, -0.05) is 29.4 Å². The number of carbonyl (C=O) groups excluding carboxylic acids is 1. The lowest BCUT2D eigenvalue weighted by molar-refractivity contribution is -0.115. The van der Waals surface area contributed by atoms with Crippen molar-refractivity contribution in [2.75, 3.05) is 5.32 Å². The number of aromatic nitrogens is 2. The molecular weight excluding hydrogens is 346 g/mol. The number of fused-ring (bicyclic) bond motifs is 1. The van der Waals surface area contributed by atoms with Crippen molar-refractivity contribution in [1.29, 1.82) is 0 Å². The first-order valence-electron chi connectivity index (χ1n) is 7.88. The fraction of sp³-hybridized carbons (Fsp3) is 0.353. The second-order valence-electron chi connectivity index (χ2n) is 5.76. The van der Waals surface area contributed by atoms with Gasteiger partial charge in [0.05, 0.1) is 10.9 Å². The summed E-state index contributed by atoms with van der Waals surface area (Å²) in [7, 11) is 0. The largest absolute Gasteiger partial charge is 0.325 e. The van der Waals surface area contributed by atoms with Gasteiger partial charge in [0, 0.05) is 16.3 Å². The van der Waals surface area contributed by atoms with Gasteiger partial charge in [0.2, 0.25) is 5.91 Å². The first-order chi connectivity index (χ1) is 11.5. The van der Waals surface area contributed by atoms with Crippen molar-refractivity contribution in [3.05, 3.63) is 50.9 Å². The molecule has 3 rings (SSSR count). The van der Waals surface area contributed by atoms with E-state index in [4.69, 9.17) is 11.6 Å². The van der Waals surface area contributed by atoms with E-state index in [-0.39, 0.29) is 11.5 Å². The summed E-state index contributed by atoms with van der Waals surface area (Å²) in [4.78, 5) is 31.8. The SMILES string of the molecule is C[C@@H](Sc1nc2c(c(=O)[nH]1)CCCC2)C(=O)Nc1cccc(Cl)c1. The van der Waals surface area contributed by atoms with E-state index in [0.29, 0.717) is 15.9 Å². The van der Waals surface area contributed by atoms with Gasteiger partial charge < -0.3 is 10.3 Å². The Hall–Kier alpha value is -1.79. The average Bonchev–Trinajstić information content (AvgIpc) is 2.55. The zero-order valence-electron chi connectivity index (χ0n) is 13.3. The van der Waals surface area contributed by atoms with Crippen molar-refractivity contribution < 1.29 is 4.79 Å². The number of benzene rings is 1. The number of amides is 1. The molecule has 7 heteroatoms. The van der Waals surface area contributed by atoms with Crippen molar-refractivity contribution in [3.8, 4) is 0 Å². The van der Waals surface area contributed by atoms with E-state index in [1.165, 1.54) is 11.8 Å². The molecule has 1 amide bonds. The molecule has 0 unspecified atom stereocenters. The van der Waals surface area contributed by atoms with Gasteiger partial charge in [-0.3, -0.25) is 9.59 Å². The van der Waals surface area contributed by atoms with E-state index in [9.17, 15) is 9.59 Å². The summed E-state index contributed by atoms with van der Waals surface area (Å²) in [6.45, 7) is 1.78. The number of aromatic amines is 1. The Balaban J connectivity index is 1.70. The maximum Gasteiger partial charge on any atom is 0.254 e. The monoisotopic (exact) mass is 363 g/mol. The maximum absolute atomic E-state index is 12.3. The molecule has 0 spiro atoms. The fourth-order valence-corrected chi connectivity index (χ4v) is 3.67. The number of anilines is 1. The summed E-state index contributed by atoms with van der Waals surface area (Å²) in [6.07, 6.45) is 3.70. The number of carbonyl (C=O) groups is 1. The van der Waals surface area contributed by atoms with Crippen LogP contribution in [-0.4, -0.2) is 21.1 Å². The Morgan fingerprint density at radius 3 is 2.96 bits per heavy atom. The molecule has 24 heavy (non-hydrogen) atoms. The van der Waals surface area contributed by atoms with Crippen LogP contribution in [0.4, 0.5) is 5.69 Å². The summed E-state index contributed by atoms with van der Waals surface area (Å²) in [6, 6.07) is 6.99. The second-order valence-corrected chi connectivity index (χ2v) is 7.53. The normalized spacial score (nSPS) is 14.8. The number of H-pyrrole nitrogens is 1. The minimum atomic E-state index is -0.395. The van der Waals surface area contributed by atoms with Gasteiger partial charge >= 0.3 is 0 Å². The summed E-state index contributed by atoms with van der Waals surface area (Å²) in [5.41, 5.74) is 2.23. The molecule has 1 aromatic carbocycles. The number of aryl methyl sites for hydroxylation is 1. The molecule has 1 atom stereocenters. The Bertz CT molecular complexity index is 822. The Morgan fingerprint density at radius 2 is 2.17 bits per heavy atom. The Labute approximate surface area is 149 Å². The van der Waals surface area contributed by atoms with Crippen LogP contribution >= 0.6 is 23.4 Å². The predicted octanol–water partition coefficient (Wildman–Crippen LogP) is 3.42. The lowest BCUT2D eigenvalue weighted by Gasteiger charge is -2.16. The average molecular weight is 364 g/mol. The van der Waals surface area contributed by atoms with Gasteiger partial charge in [0.15, 0.2) is 5.16 Å². The van der Waals surface area contributed by atoms with Crippen molar-refractivity contribution in [1.82, 2.24) is 9.97 Å². The number of nitrogens with one attached hydrogen (secondary N) is 2. The first-order valence-corrected chi connectivity index (χ1v) is 9.14. The summed E-state index contributed by atoms with van der Waals surface area (Å²) in [5.74, 6) is -0.164. The van der Waals surface area contributed by atoms with Gasteiger partial charge in [-0.2, -0.15) is 0 Å². The molecule has 2 N–H and O–H groups in total. The van der Waals surface area contributed by atoms with Gasteiger partial charge in [-0.15, -0.1) is 0 Å². The van der Waals surface area contributed by atoms with Crippen molar-refractivity contribution in [3.63, 3.8) is 0 Å². The zero-order valence-corrected chi connectivity index (χ0v) is 14.8. The molecule has 0 bridgehead atoms. The highest BCUT2D eigenvalue weighted by Crippen LogP contribution is 2.23. The molecule has 1 heterocycles. The van der Waals surface area contributed by atoms with Crippen LogP contribution in [0.3, 0.4) is 0 Å². The van der Waals surface area contributed by atoms with Crippen molar-refractivity contribution in [2.45, 2.75) is 43.0 Å². The van der Waals surface area contributed by atoms with Crippen LogP contribution in [0.2, 0.25) is 5.02 Å². The van der Waals surface area contributed by atoms with Crippen LogP contribution in [0.5, 0.6) is 0 Å². The van der Waals surface area contributed by atoms with Crippen molar-refractivity contribution >= 4 is 35.0 Å². The smallest absolute Gasteiger partial charge is 0.254 e.